The van der Waals surface area contributed by atoms with Crippen molar-refractivity contribution in [1.29, 1.82) is 0 Å². The van der Waals surface area contributed by atoms with Gasteiger partial charge >= 0.3 is 18.4 Å². The van der Waals surface area contributed by atoms with E-state index in [1.165, 1.54) is 11.3 Å². The zero-order valence-corrected chi connectivity index (χ0v) is 19.4. The summed E-state index contributed by atoms with van der Waals surface area (Å²) in [6.07, 6.45) is -15.0. The lowest BCUT2D eigenvalue weighted by molar-refractivity contribution is -0.308. The van der Waals surface area contributed by atoms with E-state index in [-0.39, 0.29) is 18.5 Å². The molecule has 2 aliphatic rings. The minimum Gasteiger partial charge on any atom is -0.426 e. The molecule has 2 fully saturated rings. The number of hydrogen-bond acceptors (Lipinski definition) is 4. The van der Waals surface area contributed by atoms with E-state index in [4.69, 9.17) is 0 Å². The standard InChI is InChI=1S/C23H31F6N3O2/c1-3-11-31(4-2)18-7-5-17(6-8-18)14-30-15-21(16-30)9-12-32(13-10-21)20(33)34-19(22(24,25)26)23(27,28)29/h5-8,19H,3-4,9-16H2,1-2H3. The van der Waals surface area contributed by atoms with Crippen LogP contribution in [0, 0.1) is 5.41 Å². The molecular formula is C23H31F6N3O2. The van der Waals surface area contributed by atoms with Gasteiger partial charge in [0.15, 0.2) is 0 Å². The number of amides is 1. The third-order valence-corrected chi connectivity index (χ3v) is 6.60. The van der Waals surface area contributed by atoms with Gasteiger partial charge in [-0.3, -0.25) is 4.90 Å². The summed E-state index contributed by atoms with van der Waals surface area (Å²) in [7, 11) is 0. The molecule has 34 heavy (non-hydrogen) atoms. The largest absolute Gasteiger partial charge is 0.434 e. The average Bonchev–Trinajstić information content (AvgIpc) is 2.74. The molecule has 2 heterocycles. The first-order valence-electron chi connectivity index (χ1n) is 11.5. The summed E-state index contributed by atoms with van der Waals surface area (Å²) in [5.74, 6) is 0. The minimum absolute atomic E-state index is 0.0652. The SMILES string of the molecule is CCCN(CC)c1ccc(CN2CC3(CCN(C(=O)OC(C(F)(F)F)C(F)(F)F)CC3)C2)cc1. The van der Waals surface area contributed by atoms with Gasteiger partial charge in [-0.25, -0.2) is 4.79 Å². The summed E-state index contributed by atoms with van der Waals surface area (Å²) >= 11 is 0. The van der Waals surface area contributed by atoms with E-state index in [2.05, 4.69) is 52.6 Å². The normalized spacial score (nSPS) is 18.8. The van der Waals surface area contributed by atoms with Gasteiger partial charge in [0.1, 0.15) is 0 Å². The predicted molar refractivity (Wildman–Crippen MR) is 116 cm³/mol. The number of halogens is 6. The second kappa shape index (κ2) is 10.2. The van der Waals surface area contributed by atoms with E-state index in [0.29, 0.717) is 12.8 Å². The summed E-state index contributed by atoms with van der Waals surface area (Å²) in [6.45, 7) is 8.70. The van der Waals surface area contributed by atoms with E-state index < -0.39 is 24.5 Å². The lowest BCUT2D eigenvalue weighted by Crippen LogP contribution is -2.60. The zero-order valence-electron chi connectivity index (χ0n) is 19.4. The number of likely N-dealkylation sites (tertiary alicyclic amines) is 2. The lowest BCUT2D eigenvalue weighted by Gasteiger charge is -2.54. The molecule has 1 spiro atoms. The number of alkyl halides is 6. The van der Waals surface area contributed by atoms with Crippen LogP contribution >= 0.6 is 0 Å². The van der Waals surface area contributed by atoms with E-state index in [9.17, 15) is 31.1 Å². The van der Waals surface area contributed by atoms with Crippen LogP contribution in [0.2, 0.25) is 0 Å². The van der Waals surface area contributed by atoms with Crippen molar-refractivity contribution in [2.24, 2.45) is 5.41 Å². The number of benzene rings is 1. The van der Waals surface area contributed by atoms with Gasteiger partial charge in [-0.05, 0) is 49.3 Å². The fourth-order valence-electron chi connectivity index (χ4n) is 4.80. The quantitative estimate of drug-likeness (QED) is 0.472. The summed E-state index contributed by atoms with van der Waals surface area (Å²) in [4.78, 5) is 17.5. The maximum absolute atomic E-state index is 12.6. The number of rotatable bonds is 7. The van der Waals surface area contributed by atoms with Crippen LogP contribution in [0.4, 0.5) is 36.8 Å². The van der Waals surface area contributed by atoms with Gasteiger partial charge in [-0.2, -0.15) is 26.3 Å². The topological polar surface area (TPSA) is 36.0 Å². The summed E-state index contributed by atoms with van der Waals surface area (Å²) in [5.41, 5.74) is 2.30. The Kier molecular flexibility index (Phi) is 7.94. The van der Waals surface area contributed by atoms with Crippen LogP contribution in [0.5, 0.6) is 0 Å². The Hall–Kier alpha value is -2.17. The summed E-state index contributed by atoms with van der Waals surface area (Å²) in [5, 5.41) is 0. The molecule has 3 rings (SSSR count). The summed E-state index contributed by atoms with van der Waals surface area (Å²) in [6, 6.07) is 8.44. The second-order valence-corrected chi connectivity index (χ2v) is 9.23. The molecule has 2 aliphatic heterocycles. The van der Waals surface area contributed by atoms with Crippen LogP contribution in [0.3, 0.4) is 0 Å². The van der Waals surface area contributed by atoms with E-state index >= 15 is 0 Å². The zero-order chi connectivity index (χ0) is 25.1. The van der Waals surface area contributed by atoms with Crippen molar-refractivity contribution in [3.8, 4) is 0 Å². The number of anilines is 1. The molecular weight excluding hydrogens is 464 g/mol. The van der Waals surface area contributed by atoms with Crippen LogP contribution in [-0.2, 0) is 11.3 Å². The average molecular weight is 496 g/mol. The fourth-order valence-corrected chi connectivity index (χ4v) is 4.80. The van der Waals surface area contributed by atoms with Crippen molar-refractivity contribution in [1.82, 2.24) is 9.80 Å². The minimum atomic E-state index is -5.71. The van der Waals surface area contributed by atoms with Gasteiger partial charge in [0.25, 0.3) is 6.10 Å². The molecule has 1 aromatic rings. The Morgan fingerprint density at radius 2 is 1.59 bits per heavy atom. The van der Waals surface area contributed by atoms with Gasteiger partial charge in [-0.15, -0.1) is 0 Å². The third-order valence-electron chi connectivity index (χ3n) is 6.60. The number of hydrogen-bond donors (Lipinski definition) is 0. The highest BCUT2D eigenvalue weighted by Crippen LogP contribution is 2.42. The Bertz CT molecular complexity index is 797. The molecule has 0 unspecified atom stereocenters. The molecule has 192 valence electrons. The van der Waals surface area contributed by atoms with Crippen LogP contribution in [0.1, 0.15) is 38.7 Å². The van der Waals surface area contributed by atoms with Crippen molar-refractivity contribution in [2.45, 2.75) is 58.1 Å². The Labute approximate surface area is 195 Å². The van der Waals surface area contributed by atoms with Crippen LogP contribution in [0.25, 0.3) is 0 Å². The highest BCUT2D eigenvalue weighted by atomic mass is 19.4. The molecule has 0 saturated carbocycles. The highest BCUT2D eigenvalue weighted by molar-refractivity contribution is 5.68. The van der Waals surface area contributed by atoms with Crippen molar-refractivity contribution >= 4 is 11.8 Å². The molecule has 0 aliphatic carbocycles. The highest BCUT2D eigenvalue weighted by Gasteiger charge is 2.60. The first-order chi connectivity index (χ1) is 15.9. The molecule has 0 radical (unpaired) electrons. The number of carbonyl (C=O) groups excluding carboxylic acids is 1. The summed E-state index contributed by atoms with van der Waals surface area (Å²) < 4.78 is 79.7. The van der Waals surface area contributed by atoms with Crippen molar-refractivity contribution in [3.05, 3.63) is 29.8 Å². The van der Waals surface area contributed by atoms with Crippen molar-refractivity contribution < 1.29 is 35.9 Å². The van der Waals surface area contributed by atoms with E-state index in [1.807, 2.05) is 0 Å². The Morgan fingerprint density at radius 3 is 2.06 bits per heavy atom. The Balaban J connectivity index is 1.46. The third kappa shape index (κ3) is 6.28. The van der Waals surface area contributed by atoms with Gasteiger partial charge in [0.05, 0.1) is 0 Å². The van der Waals surface area contributed by atoms with Crippen LogP contribution < -0.4 is 4.90 Å². The Morgan fingerprint density at radius 1 is 1.03 bits per heavy atom. The van der Waals surface area contributed by atoms with E-state index in [1.54, 1.807) is 0 Å². The molecule has 11 heteroatoms. The van der Waals surface area contributed by atoms with Gasteiger partial charge in [0, 0.05) is 51.5 Å². The number of carbonyl (C=O) groups is 1. The number of piperidine rings is 1. The van der Waals surface area contributed by atoms with Gasteiger partial charge in [-0.1, -0.05) is 19.1 Å². The first kappa shape index (κ1) is 26.4. The fraction of sp³-hybridized carbons (Fsp3) is 0.696. The van der Waals surface area contributed by atoms with Gasteiger partial charge in [0.2, 0.25) is 0 Å². The first-order valence-corrected chi connectivity index (χ1v) is 11.5. The molecule has 1 aromatic carbocycles. The van der Waals surface area contributed by atoms with Gasteiger partial charge < -0.3 is 14.5 Å². The maximum atomic E-state index is 12.6. The van der Waals surface area contributed by atoms with E-state index in [0.717, 1.165) is 44.0 Å². The molecule has 1 amide bonds. The molecule has 0 N–H and O–H groups in total. The van der Waals surface area contributed by atoms with Crippen molar-refractivity contribution in [2.75, 3.05) is 44.2 Å². The predicted octanol–water partition coefficient (Wildman–Crippen LogP) is 5.45. The monoisotopic (exact) mass is 495 g/mol. The number of ether oxygens (including phenoxy) is 1. The molecule has 0 bridgehead atoms. The maximum Gasteiger partial charge on any atom is 0.434 e. The lowest BCUT2D eigenvalue weighted by atomic mass is 9.72. The van der Waals surface area contributed by atoms with Crippen molar-refractivity contribution in [3.63, 3.8) is 0 Å². The molecule has 2 saturated heterocycles. The second-order valence-electron chi connectivity index (χ2n) is 9.23. The van der Waals surface area contributed by atoms with Crippen LogP contribution in [-0.4, -0.2) is 73.6 Å². The molecule has 5 nitrogen and oxygen atoms in total. The smallest absolute Gasteiger partial charge is 0.426 e. The van der Waals surface area contributed by atoms with Crippen LogP contribution in [0.15, 0.2) is 24.3 Å². The number of nitrogens with zero attached hydrogens (tertiary/aromatic N) is 3. The molecule has 0 aromatic heterocycles. The molecule has 0 atom stereocenters.